The van der Waals surface area contributed by atoms with Crippen LogP contribution in [-0.4, -0.2) is 87.8 Å². The van der Waals surface area contributed by atoms with Gasteiger partial charge < -0.3 is 24.1 Å². The molecule has 0 radical (unpaired) electrons. The second kappa shape index (κ2) is 25.1. The number of aliphatic hydroxyl groups is 1. The van der Waals surface area contributed by atoms with Crippen molar-refractivity contribution in [2.75, 3.05) is 20.5 Å². The average Bonchev–Trinajstić information content (AvgIpc) is 3.89. The molecular weight excluding hydrogens is 1010 g/mol. The average molecular weight is 1110 g/mol. The first-order valence-electron chi connectivity index (χ1n) is 29.1. The number of hydrogen-bond donors (Lipinski definition) is 1. The van der Waals surface area contributed by atoms with E-state index in [1.807, 2.05) is 0 Å². The minimum atomic E-state index is -3.19. The number of carbonyl (C=O) groups is 6. The van der Waals surface area contributed by atoms with Crippen LogP contribution >= 0.6 is 10.7 Å². The summed E-state index contributed by atoms with van der Waals surface area (Å²) in [5.74, 6) is 4.27. The van der Waals surface area contributed by atoms with Crippen LogP contribution in [0.1, 0.15) is 199 Å². The molecule has 0 aliphatic heterocycles. The molecule has 8 rings (SSSR count). The van der Waals surface area contributed by atoms with E-state index in [4.69, 9.17) is 18.9 Å². The maximum atomic E-state index is 14.3. The molecule has 6 unspecified atom stereocenters. The Balaban J connectivity index is 0.000000255. The number of ether oxygens (including phenoxy) is 4. The molecule has 0 heterocycles. The second-order valence-corrected chi connectivity index (χ2v) is 29.4. The highest BCUT2D eigenvalue weighted by Gasteiger charge is 2.69. The number of methoxy groups -OCH3 is 2. The third-order valence-electron chi connectivity index (χ3n) is 23.1. The van der Waals surface area contributed by atoms with Crippen molar-refractivity contribution in [2.45, 2.75) is 217 Å². The van der Waals surface area contributed by atoms with Crippen molar-refractivity contribution >= 4 is 55.2 Å². The molecule has 0 aromatic heterocycles. The van der Waals surface area contributed by atoms with Crippen molar-refractivity contribution in [1.82, 2.24) is 0 Å². The Hall–Kier alpha value is -2.58. The van der Waals surface area contributed by atoms with Crippen molar-refractivity contribution in [1.29, 1.82) is 0 Å². The molecule has 436 valence electrons. The van der Waals surface area contributed by atoms with Gasteiger partial charge in [-0.15, -0.1) is 0 Å². The van der Waals surface area contributed by atoms with Crippen LogP contribution < -0.4 is 0 Å². The Bertz CT molecular complexity index is 2060. The van der Waals surface area contributed by atoms with Gasteiger partial charge in [-0.1, -0.05) is 69.7 Å². The van der Waals surface area contributed by atoms with E-state index in [9.17, 15) is 42.3 Å². The molecule has 8 aliphatic rings. The number of rotatable bonds is 12. The molecule has 22 atom stereocenters. The van der Waals surface area contributed by atoms with Gasteiger partial charge in [0.25, 0.3) is 0 Å². The van der Waals surface area contributed by atoms with Crippen LogP contribution in [0.4, 0.5) is 0 Å². The number of carbonyl (C=O) groups excluding carboxylic acids is 6. The number of Topliss-reactive ketones (excluding diaryl/α,β-unsaturated/α-hetero) is 2. The lowest BCUT2D eigenvalue weighted by Gasteiger charge is -2.64. The largest absolute Gasteiger partial charge is 0.469 e. The number of esters is 4. The minimum absolute atomic E-state index is 0. The first-order chi connectivity index (χ1) is 35.0. The zero-order chi connectivity index (χ0) is 55.9. The summed E-state index contributed by atoms with van der Waals surface area (Å²) in [4.78, 5) is 75.3. The van der Waals surface area contributed by atoms with E-state index < -0.39 is 15.2 Å². The van der Waals surface area contributed by atoms with Crippen LogP contribution in [0.2, 0.25) is 0 Å². The van der Waals surface area contributed by atoms with Crippen LogP contribution in [0, 0.1) is 110 Å². The summed E-state index contributed by atoms with van der Waals surface area (Å²) in [5, 5.41) is 11.7. The zero-order valence-electron chi connectivity index (χ0n) is 48.3. The van der Waals surface area contributed by atoms with E-state index in [1.54, 1.807) is 0 Å². The Morgan fingerprint density at radius 2 is 1.00 bits per heavy atom. The second-order valence-electron chi connectivity index (χ2n) is 26.4. The lowest BCUT2D eigenvalue weighted by Crippen LogP contribution is -2.64. The third-order valence-corrected chi connectivity index (χ3v) is 23.1. The predicted octanol–water partition coefficient (Wildman–Crippen LogP) is 12.0. The topological polar surface area (TPSA) is 194 Å². The summed E-state index contributed by atoms with van der Waals surface area (Å²) >= 11 is 0. The molecule has 0 amide bonds. The third kappa shape index (κ3) is 12.3. The van der Waals surface area contributed by atoms with Crippen molar-refractivity contribution in [2.24, 2.45) is 110 Å². The maximum Gasteiger partial charge on any atom is 0.305 e. The predicted molar refractivity (Wildman–Crippen MR) is 295 cm³/mol. The molecule has 0 aromatic carbocycles. The molecule has 15 heteroatoms. The molecule has 0 bridgehead atoms. The van der Waals surface area contributed by atoms with E-state index in [0.29, 0.717) is 78.2 Å². The van der Waals surface area contributed by atoms with Gasteiger partial charge >= 0.3 is 23.9 Å². The molecule has 0 spiro atoms. The minimum Gasteiger partial charge on any atom is -0.469 e. The van der Waals surface area contributed by atoms with Gasteiger partial charge in [-0.05, 0) is 184 Å². The van der Waals surface area contributed by atoms with Crippen molar-refractivity contribution < 1.29 is 61.2 Å². The van der Waals surface area contributed by atoms with Crippen molar-refractivity contribution in [3.63, 3.8) is 0 Å². The Morgan fingerprint density at radius 1 is 0.632 bits per heavy atom. The highest BCUT2D eigenvalue weighted by molar-refractivity contribution is 8.13. The summed E-state index contributed by atoms with van der Waals surface area (Å²) < 4.78 is 39.8. The van der Waals surface area contributed by atoms with Crippen molar-refractivity contribution in [3.8, 4) is 0 Å². The summed E-state index contributed by atoms with van der Waals surface area (Å²) in [6.07, 6.45) is 15.9. The van der Waals surface area contributed by atoms with Crippen LogP contribution in [0.5, 0.6) is 0 Å². The van der Waals surface area contributed by atoms with Gasteiger partial charge in [0.1, 0.15) is 23.8 Å². The maximum absolute atomic E-state index is 14.3. The van der Waals surface area contributed by atoms with Crippen LogP contribution in [0.3, 0.4) is 0 Å². The van der Waals surface area contributed by atoms with E-state index in [2.05, 4.69) is 73.0 Å². The van der Waals surface area contributed by atoms with E-state index in [1.165, 1.54) is 28.1 Å². The fraction of sp³-hybridized carbons (Fsp3) is 0.902. The van der Waals surface area contributed by atoms with Crippen LogP contribution in [0.25, 0.3) is 0 Å². The number of aliphatic hydroxyl groups excluding tert-OH is 1. The van der Waals surface area contributed by atoms with Crippen LogP contribution in [0.15, 0.2) is 0 Å². The lowest BCUT2D eigenvalue weighted by atomic mass is 9.40. The van der Waals surface area contributed by atoms with Gasteiger partial charge in [0, 0.05) is 66.5 Å². The lowest BCUT2D eigenvalue weighted by molar-refractivity contribution is -0.195. The Kier molecular flexibility index (Phi) is 21.2. The Morgan fingerprint density at radius 3 is 1.37 bits per heavy atom. The molecule has 8 saturated carbocycles. The first kappa shape index (κ1) is 64.2. The molecule has 0 saturated heterocycles. The normalized spacial score (nSPS) is 42.8. The quantitative estimate of drug-likeness (QED) is 0.110. The highest BCUT2D eigenvalue weighted by Crippen LogP contribution is 2.71. The summed E-state index contributed by atoms with van der Waals surface area (Å²) in [7, 11) is 4.20. The molecule has 1 N–H and O–H groups in total. The van der Waals surface area contributed by atoms with E-state index in [0.717, 1.165) is 103 Å². The number of fused-ring (bicyclic) bond motifs is 10. The fourth-order valence-corrected chi connectivity index (χ4v) is 19.5. The number of hydrogen-bond acceptors (Lipinski definition) is 13. The summed E-state index contributed by atoms with van der Waals surface area (Å²) in [6, 6.07) is 0. The number of ketones is 2. The first-order valence-corrected chi connectivity index (χ1v) is 31.8. The monoisotopic (exact) mass is 1110 g/mol. The van der Waals surface area contributed by atoms with Gasteiger partial charge in [-0.2, -0.15) is 0 Å². The SMILES string of the molecule is C.CC[C@H]1C(=O)C2C3CC[C@H]([C@H](C)CCC(=O)OC)[C@@]3(C)[C@@H](C)CC2[C@@]2(C)CC[C@@H](OC(C)=O)C[C@@H]12.CC[C@H]1C(=O)C2C3CC[C@H]([C@H](C)CCC(=O)OC)[C@@]3(C)[C@@H](O)CC2[C@@]2(C)CC[C@@H](OC(C)=O)C[C@@H]12.CS(=O)(=O)Cl. The van der Waals surface area contributed by atoms with Gasteiger partial charge in [-0.3, -0.25) is 28.8 Å². The molecule has 0 aromatic rings. The summed E-state index contributed by atoms with van der Waals surface area (Å²) in [6.45, 7) is 23.7. The van der Waals surface area contributed by atoms with Gasteiger partial charge in [0.15, 0.2) is 0 Å². The molecular formula is C61H101ClO13S. The smallest absolute Gasteiger partial charge is 0.305 e. The molecule has 8 fully saturated rings. The van der Waals surface area contributed by atoms with E-state index >= 15 is 0 Å². The standard InChI is InChI=1S/C30H48O5.C29H46O6.CH3ClO2S.CH4/c1-8-21-24-16-20(35-19(4)31)13-14-29(24,5)25-15-18(3)30(6)22(17(2)9-12-26(32)34-7)10-11-23(30)27(25)28(21)33;1-7-19-22-14-18(35-17(3)30)12-13-28(22,4)23-15-24(31)29(5)20(16(2)8-11-25(32)34-6)9-10-21(29)26(23)27(19)33;1-5(2,3)4;/h17-18,20-25,27H,8-16H2,1-7H3;16,18-24,26,31H,7-15H2,1-6H3;1H3;1H4/t17-,18+,20-,21-,22-,23?,24+,25?,27?,29+,30-;16-,18-,19-,20-,21?,22+,23?,24+,26?,28+,29-;;/m11../s1. The molecule has 8 aliphatic carbocycles. The summed E-state index contributed by atoms with van der Waals surface area (Å²) in [5.41, 5.74) is -0.0432. The molecule has 76 heavy (non-hydrogen) atoms. The highest BCUT2D eigenvalue weighted by atomic mass is 35.7. The van der Waals surface area contributed by atoms with Gasteiger partial charge in [0.2, 0.25) is 9.05 Å². The van der Waals surface area contributed by atoms with E-state index in [-0.39, 0.29) is 107 Å². The van der Waals surface area contributed by atoms with Gasteiger partial charge in [0.05, 0.1) is 26.6 Å². The zero-order valence-corrected chi connectivity index (χ0v) is 49.8. The number of halogens is 1. The van der Waals surface area contributed by atoms with Crippen LogP contribution in [-0.2, 0) is 56.8 Å². The fourth-order valence-electron chi connectivity index (χ4n) is 19.5. The van der Waals surface area contributed by atoms with Crippen molar-refractivity contribution in [3.05, 3.63) is 0 Å². The Labute approximate surface area is 462 Å². The van der Waals surface area contributed by atoms with Gasteiger partial charge in [-0.25, -0.2) is 8.42 Å². The molecule has 13 nitrogen and oxygen atoms in total.